The fourth-order valence-corrected chi connectivity index (χ4v) is 3.71. The van der Waals surface area contributed by atoms with Gasteiger partial charge in [0.2, 0.25) is 5.91 Å². The van der Waals surface area contributed by atoms with E-state index in [1.807, 2.05) is 4.83 Å². The van der Waals surface area contributed by atoms with Gasteiger partial charge in [-0.1, -0.05) is 31.7 Å². The van der Waals surface area contributed by atoms with Gasteiger partial charge < -0.3 is 0 Å². The Morgan fingerprint density at radius 3 is 2.62 bits per heavy atom. The molecule has 0 radical (unpaired) electrons. The predicted molar refractivity (Wildman–Crippen MR) is 87.5 cm³/mol. The number of hydrogen-bond donors (Lipinski definition) is 2. The molecule has 9 heteroatoms. The highest BCUT2D eigenvalue weighted by Gasteiger charge is 2.21. The number of sulfonamides is 1. The molecule has 2 rings (SSSR count). The number of hydrogen-bond acceptors (Lipinski definition) is 5. The van der Waals surface area contributed by atoms with E-state index < -0.39 is 20.9 Å². The van der Waals surface area contributed by atoms with Crippen molar-refractivity contribution >= 4 is 21.6 Å². The lowest BCUT2D eigenvalue weighted by atomic mass is 10.0. The number of carbonyl (C=O) groups is 1. The zero-order valence-corrected chi connectivity index (χ0v) is 14.3. The molecule has 1 aliphatic carbocycles. The Morgan fingerprint density at radius 2 is 2.00 bits per heavy atom. The van der Waals surface area contributed by atoms with Gasteiger partial charge in [0.25, 0.3) is 15.7 Å². The summed E-state index contributed by atoms with van der Waals surface area (Å²) in [5.74, 6) is 0.124. The lowest BCUT2D eigenvalue weighted by Crippen LogP contribution is -2.41. The average molecular weight is 355 g/mol. The number of hydrazine groups is 1. The van der Waals surface area contributed by atoms with E-state index in [9.17, 15) is 23.3 Å². The minimum Gasteiger partial charge on any atom is -0.278 e. The molecule has 132 valence electrons. The summed E-state index contributed by atoms with van der Waals surface area (Å²) in [6, 6.07) is 3.59. The van der Waals surface area contributed by atoms with E-state index in [0.717, 1.165) is 25.3 Å². The molecule has 0 bridgehead atoms. The van der Waals surface area contributed by atoms with Crippen molar-refractivity contribution in [3.8, 4) is 0 Å². The van der Waals surface area contributed by atoms with Crippen molar-refractivity contribution in [2.75, 3.05) is 0 Å². The second-order valence-electron chi connectivity index (χ2n) is 6.05. The maximum Gasteiger partial charge on any atom is 0.273 e. The van der Waals surface area contributed by atoms with E-state index in [1.165, 1.54) is 31.9 Å². The predicted octanol–water partition coefficient (Wildman–Crippen LogP) is 2.18. The third-order valence-corrected chi connectivity index (χ3v) is 5.51. The van der Waals surface area contributed by atoms with Crippen molar-refractivity contribution in [3.05, 3.63) is 33.9 Å². The molecule has 0 saturated heterocycles. The Hall–Kier alpha value is -2.00. The number of rotatable bonds is 7. The normalized spacial score (nSPS) is 15.4. The molecule has 0 aliphatic heterocycles. The molecule has 1 fully saturated rings. The minimum absolute atomic E-state index is 0.251. The Kier molecular flexibility index (Phi) is 5.89. The van der Waals surface area contributed by atoms with Gasteiger partial charge in [-0.25, -0.2) is 8.42 Å². The van der Waals surface area contributed by atoms with Gasteiger partial charge in [-0.05, 0) is 25.3 Å². The van der Waals surface area contributed by atoms with Gasteiger partial charge in [0, 0.05) is 18.1 Å². The second kappa shape index (κ2) is 7.71. The van der Waals surface area contributed by atoms with E-state index in [2.05, 4.69) is 5.43 Å². The molecule has 1 amide bonds. The molecule has 8 nitrogen and oxygen atoms in total. The summed E-state index contributed by atoms with van der Waals surface area (Å²) < 4.78 is 24.3. The van der Waals surface area contributed by atoms with E-state index in [1.54, 1.807) is 0 Å². The lowest BCUT2D eigenvalue weighted by Gasteiger charge is -2.11. The smallest absolute Gasteiger partial charge is 0.273 e. The van der Waals surface area contributed by atoms with Crippen LogP contribution in [0.2, 0.25) is 0 Å². The van der Waals surface area contributed by atoms with E-state index in [4.69, 9.17) is 0 Å². The first kappa shape index (κ1) is 18.3. The van der Waals surface area contributed by atoms with Gasteiger partial charge in [0.05, 0.1) is 9.82 Å². The standard InChI is InChI=1S/C15H21N3O5S/c1-11-6-8-13(10-14(11)18(20)21)24(22,23)17-16-15(19)9-7-12-4-2-3-5-12/h6,8,10,12,17H,2-5,7,9H2,1H3,(H,16,19). The highest BCUT2D eigenvalue weighted by Crippen LogP contribution is 2.28. The van der Waals surface area contributed by atoms with Crippen LogP contribution in [0.5, 0.6) is 0 Å². The maximum atomic E-state index is 12.1. The van der Waals surface area contributed by atoms with Gasteiger partial charge in [-0.15, -0.1) is 4.83 Å². The highest BCUT2D eigenvalue weighted by molar-refractivity contribution is 7.89. The molecule has 0 heterocycles. The van der Waals surface area contributed by atoms with Crippen LogP contribution < -0.4 is 10.3 Å². The van der Waals surface area contributed by atoms with Crippen LogP contribution in [0, 0.1) is 23.0 Å². The molecule has 0 atom stereocenters. The molecule has 2 N–H and O–H groups in total. The SMILES string of the molecule is Cc1ccc(S(=O)(=O)NNC(=O)CCC2CCCC2)cc1[N+](=O)[O-]. The fraction of sp³-hybridized carbons (Fsp3) is 0.533. The van der Waals surface area contributed by atoms with Gasteiger partial charge in [-0.2, -0.15) is 0 Å². The number of amides is 1. The summed E-state index contributed by atoms with van der Waals surface area (Å²) in [5, 5.41) is 10.9. The number of nitro groups is 1. The molecule has 0 spiro atoms. The summed E-state index contributed by atoms with van der Waals surface area (Å²) in [7, 11) is -4.05. The molecular weight excluding hydrogens is 334 g/mol. The van der Waals surface area contributed by atoms with Gasteiger partial charge in [-0.3, -0.25) is 20.3 Å². The van der Waals surface area contributed by atoms with Crippen molar-refractivity contribution < 1.29 is 18.1 Å². The number of benzene rings is 1. The first-order chi connectivity index (χ1) is 11.3. The summed E-state index contributed by atoms with van der Waals surface area (Å²) in [6.07, 6.45) is 5.60. The number of nitrogens with one attached hydrogen (secondary N) is 2. The topological polar surface area (TPSA) is 118 Å². The zero-order chi connectivity index (χ0) is 17.7. The molecule has 1 aliphatic rings. The van der Waals surface area contributed by atoms with Crippen LogP contribution >= 0.6 is 0 Å². The van der Waals surface area contributed by atoms with Crippen molar-refractivity contribution in [1.29, 1.82) is 0 Å². The van der Waals surface area contributed by atoms with Crippen LogP contribution in [-0.2, 0) is 14.8 Å². The summed E-state index contributed by atoms with van der Waals surface area (Å²) in [6.45, 7) is 1.52. The number of carbonyl (C=O) groups excluding carboxylic acids is 1. The van der Waals surface area contributed by atoms with Crippen LogP contribution in [0.15, 0.2) is 23.1 Å². The third-order valence-electron chi connectivity index (χ3n) is 4.27. The largest absolute Gasteiger partial charge is 0.278 e. The van der Waals surface area contributed by atoms with Crippen molar-refractivity contribution in [2.24, 2.45) is 5.92 Å². The molecule has 1 aromatic rings. The van der Waals surface area contributed by atoms with E-state index in [-0.39, 0.29) is 17.0 Å². The van der Waals surface area contributed by atoms with Crippen molar-refractivity contribution in [3.63, 3.8) is 0 Å². The summed E-state index contributed by atoms with van der Waals surface area (Å²) >= 11 is 0. The van der Waals surface area contributed by atoms with Gasteiger partial charge in [0.1, 0.15) is 0 Å². The van der Waals surface area contributed by atoms with Crippen LogP contribution in [-0.4, -0.2) is 19.2 Å². The Labute approximate surface area is 140 Å². The maximum absolute atomic E-state index is 12.1. The molecule has 0 unspecified atom stereocenters. The number of nitrogens with zero attached hydrogens (tertiary/aromatic N) is 1. The van der Waals surface area contributed by atoms with E-state index >= 15 is 0 Å². The average Bonchev–Trinajstić information content (AvgIpc) is 3.04. The first-order valence-electron chi connectivity index (χ1n) is 7.85. The first-order valence-corrected chi connectivity index (χ1v) is 9.33. The van der Waals surface area contributed by atoms with Crippen LogP contribution in [0.3, 0.4) is 0 Å². The van der Waals surface area contributed by atoms with Crippen LogP contribution in [0.25, 0.3) is 0 Å². The fourth-order valence-electron chi connectivity index (χ4n) is 2.83. The number of nitro benzene ring substituents is 1. The molecule has 1 saturated carbocycles. The molecule has 0 aromatic heterocycles. The second-order valence-corrected chi connectivity index (χ2v) is 7.73. The Morgan fingerprint density at radius 1 is 1.33 bits per heavy atom. The lowest BCUT2D eigenvalue weighted by molar-refractivity contribution is -0.385. The van der Waals surface area contributed by atoms with Crippen molar-refractivity contribution in [1.82, 2.24) is 10.3 Å². The highest BCUT2D eigenvalue weighted by atomic mass is 32.2. The molecule has 24 heavy (non-hydrogen) atoms. The minimum atomic E-state index is -4.05. The molecular formula is C15H21N3O5S. The monoisotopic (exact) mass is 355 g/mol. The zero-order valence-electron chi connectivity index (χ0n) is 13.4. The Bertz CT molecular complexity index is 727. The van der Waals surface area contributed by atoms with E-state index in [0.29, 0.717) is 11.5 Å². The quantitative estimate of drug-likeness (QED) is 0.574. The van der Waals surface area contributed by atoms with Crippen molar-refractivity contribution in [2.45, 2.75) is 50.3 Å². The summed E-state index contributed by atoms with van der Waals surface area (Å²) in [5.41, 5.74) is 2.24. The van der Waals surface area contributed by atoms with Crippen LogP contribution in [0.1, 0.15) is 44.1 Å². The van der Waals surface area contributed by atoms with Gasteiger partial charge >= 0.3 is 0 Å². The Balaban J connectivity index is 1.94. The molecule has 1 aromatic carbocycles. The number of aryl methyl sites for hydroxylation is 1. The summed E-state index contributed by atoms with van der Waals surface area (Å²) in [4.78, 5) is 23.7. The third kappa shape index (κ3) is 4.75. The van der Waals surface area contributed by atoms with Crippen LogP contribution in [0.4, 0.5) is 5.69 Å². The van der Waals surface area contributed by atoms with Gasteiger partial charge in [0.15, 0.2) is 0 Å².